The minimum atomic E-state index is -3.04. The zero-order valence-corrected chi connectivity index (χ0v) is 16.6. The number of nitrogens with zero attached hydrogens (tertiary/aromatic N) is 2. The first-order valence-corrected chi connectivity index (χ1v) is 10.4. The molecule has 8 heteroatoms. The molecule has 140 valence electrons. The maximum atomic E-state index is 12.5. The van der Waals surface area contributed by atoms with Crippen LogP contribution in [-0.4, -0.2) is 76.7 Å². The fraction of sp³-hybridized carbons (Fsp3) is 0.647. The lowest BCUT2D eigenvalue weighted by atomic mass is 10.00. The minimum Gasteiger partial charge on any atom is -0.493 e. The Morgan fingerprint density at radius 3 is 2.56 bits per heavy atom. The van der Waals surface area contributed by atoms with E-state index in [1.54, 1.807) is 14.2 Å². The molecule has 0 aliphatic carbocycles. The quantitative estimate of drug-likeness (QED) is 0.762. The average Bonchev–Trinajstić information content (AvgIpc) is 3.08. The molecular weight excluding hydrogens is 364 g/mol. The van der Waals surface area contributed by atoms with Gasteiger partial charge in [0.15, 0.2) is 21.3 Å². The number of halogens is 1. The Morgan fingerprint density at radius 1 is 1.24 bits per heavy atom. The molecule has 3 rings (SSSR count). The summed E-state index contributed by atoms with van der Waals surface area (Å²) in [5.41, 5.74) is 0.915. The molecule has 2 fully saturated rings. The van der Waals surface area contributed by atoms with Crippen molar-refractivity contribution in [3.05, 3.63) is 22.7 Å². The van der Waals surface area contributed by atoms with Gasteiger partial charge in [-0.1, -0.05) is 17.7 Å². The summed E-state index contributed by atoms with van der Waals surface area (Å²) in [4.78, 5) is 4.21. The van der Waals surface area contributed by atoms with E-state index in [0.717, 1.165) is 12.1 Å². The van der Waals surface area contributed by atoms with E-state index in [-0.39, 0.29) is 23.0 Å². The van der Waals surface area contributed by atoms with Gasteiger partial charge in [-0.3, -0.25) is 4.90 Å². The first kappa shape index (κ1) is 18.8. The van der Waals surface area contributed by atoms with Crippen LogP contribution in [-0.2, 0) is 16.4 Å². The Balaban J connectivity index is 1.80. The van der Waals surface area contributed by atoms with Crippen molar-refractivity contribution < 1.29 is 17.9 Å². The molecule has 0 aromatic heterocycles. The van der Waals surface area contributed by atoms with Crippen molar-refractivity contribution in [3.63, 3.8) is 0 Å². The topological polar surface area (TPSA) is 59.1 Å². The summed E-state index contributed by atoms with van der Waals surface area (Å²) in [6, 6.07) is 3.83. The lowest BCUT2D eigenvalue weighted by Gasteiger charge is -2.25. The van der Waals surface area contributed by atoms with Crippen LogP contribution in [0.5, 0.6) is 11.5 Å². The number of rotatable bonds is 5. The molecular formula is C17H25ClN2O4S. The Kier molecular flexibility index (Phi) is 5.21. The Bertz CT molecular complexity index is 753. The normalized spacial score (nSPS) is 28.3. The molecule has 0 amide bonds. The van der Waals surface area contributed by atoms with Gasteiger partial charge < -0.3 is 14.4 Å². The number of hydrogen-bond acceptors (Lipinski definition) is 6. The van der Waals surface area contributed by atoms with Crippen LogP contribution < -0.4 is 9.47 Å². The summed E-state index contributed by atoms with van der Waals surface area (Å²) < 4.78 is 35.6. The van der Waals surface area contributed by atoms with Crippen LogP contribution in [0.2, 0.25) is 5.02 Å². The fourth-order valence-electron chi connectivity index (χ4n) is 4.07. The van der Waals surface area contributed by atoms with Gasteiger partial charge in [0.2, 0.25) is 0 Å². The summed E-state index contributed by atoms with van der Waals surface area (Å²) in [5, 5.41) is 0.241. The van der Waals surface area contributed by atoms with Crippen molar-refractivity contribution in [1.82, 2.24) is 9.80 Å². The molecule has 0 N–H and O–H groups in total. The maximum absolute atomic E-state index is 12.5. The fourth-order valence-corrected chi connectivity index (χ4v) is 6.87. The van der Waals surface area contributed by atoms with Gasteiger partial charge in [0.05, 0.1) is 30.2 Å². The Morgan fingerprint density at radius 2 is 1.96 bits per heavy atom. The predicted octanol–water partition coefficient (Wildman–Crippen LogP) is 1.52. The third-order valence-electron chi connectivity index (χ3n) is 5.37. The highest BCUT2D eigenvalue weighted by Crippen LogP contribution is 2.40. The number of benzene rings is 1. The minimum absolute atomic E-state index is 0.0841. The van der Waals surface area contributed by atoms with Gasteiger partial charge in [-0.15, -0.1) is 0 Å². The monoisotopic (exact) mass is 388 g/mol. The number of methoxy groups -OCH3 is 2. The van der Waals surface area contributed by atoms with E-state index < -0.39 is 9.84 Å². The lowest BCUT2D eigenvalue weighted by Crippen LogP contribution is -2.37. The van der Waals surface area contributed by atoms with E-state index in [1.807, 2.05) is 31.1 Å². The number of likely N-dealkylation sites (tertiary alicyclic amines) is 1. The largest absolute Gasteiger partial charge is 0.493 e. The van der Waals surface area contributed by atoms with Crippen molar-refractivity contribution in [2.45, 2.75) is 17.8 Å². The average molecular weight is 389 g/mol. The van der Waals surface area contributed by atoms with E-state index in [0.29, 0.717) is 29.6 Å². The smallest absolute Gasteiger partial charge is 0.179 e. The van der Waals surface area contributed by atoms with Crippen molar-refractivity contribution >= 4 is 21.4 Å². The van der Waals surface area contributed by atoms with E-state index in [9.17, 15) is 8.42 Å². The lowest BCUT2D eigenvalue weighted by molar-refractivity contribution is 0.229. The van der Waals surface area contributed by atoms with Crippen molar-refractivity contribution in [1.29, 1.82) is 0 Å². The second-order valence-corrected chi connectivity index (χ2v) is 9.67. The third-order valence-corrected chi connectivity index (χ3v) is 8.01. The number of ether oxygens (including phenoxy) is 2. The zero-order chi connectivity index (χ0) is 18.4. The molecule has 3 atom stereocenters. The van der Waals surface area contributed by atoms with Crippen molar-refractivity contribution in [3.8, 4) is 11.5 Å². The van der Waals surface area contributed by atoms with Gasteiger partial charge >= 0.3 is 0 Å². The highest BCUT2D eigenvalue weighted by atomic mass is 35.5. The SMILES string of the molecule is COc1ccc(CN2C[C@H]3[C@H](N(C)C)CS(=O)(=O)[C@H]3C2)c(Cl)c1OC. The van der Waals surface area contributed by atoms with Gasteiger partial charge in [0, 0.05) is 31.6 Å². The van der Waals surface area contributed by atoms with Crippen LogP contribution in [0.15, 0.2) is 12.1 Å². The summed E-state index contributed by atoms with van der Waals surface area (Å²) in [6.07, 6.45) is 0. The van der Waals surface area contributed by atoms with Crippen molar-refractivity contribution in [2.75, 3.05) is 47.2 Å². The molecule has 0 saturated carbocycles. The molecule has 25 heavy (non-hydrogen) atoms. The molecule has 0 radical (unpaired) electrons. The molecule has 0 spiro atoms. The second-order valence-electron chi connectivity index (χ2n) is 7.03. The molecule has 0 bridgehead atoms. The maximum Gasteiger partial charge on any atom is 0.179 e. The van der Waals surface area contributed by atoms with Crippen LogP contribution in [0.1, 0.15) is 5.56 Å². The number of sulfone groups is 1. The van der Waals surface area contributed by atoms with Crippen LogP contribution >= 0.6 is 11.6 Å². The first-order valence-electron chi connectivity index (χ1n) is 8.28. The summed E-state index contributed by atoms with van der Waals surface area (Å²) in [5.74, 6) is 1.52. The molecule has 2 aliphatic rings. The van der Waals surface area contributed by atoms with Gasteiger partial charge in [0.1, 0.15) is 0 Å². The van der Waals surface area contributed by atoms with Crippen LogP contribution in [0.4, 0.5) is 0 Å². The molecule has 2 aliphatic heterocycles. The summed E-state index contributed by atoms with van der Waals surface area (Å²) in [7, 11) is 4.00. The standard InChI is InChI=1S/C17H25ClN2O4S/c1-19(2)13-10-25(21,22)15-9-20(8-12(13)15)7-11-5-6-14(23-3)17(24-4)16(11)18/h5-6,12-13,15H,7-10H2,1-4H3/t12-,13+,15-/m0/s1. The van der Waals surface area contributed by atoms with Crippen LogP contribution in [0, 0.1) is 5.92 Å². The molecule has 0 unspecified atom stereocenters. The van der Waals surface area contributed by atoms with E-state index in [4.69, 9.17) is 21.1 Å². The van der Waals surface area contributed by atoms with E-state index in [1.165, 1.54) is 0 Å². The molecule has 2 saturated heterocycles. The van der Waals surface area contributed by atoms with Gasteiger partial charge in [-0.25, -0.2) is 8.42 Å². The highest BCUT2D eigenvalue weighted by molar-refractivity contribution is 7.92. The zero-order valence-electron chi connectivity index (χ0n) is 15.0. The molecule has 2 heterocycles. The predicted molar refractivity (Wildman–Crippen MR) is 98.4 cm³/mol. The van der Waals surface area contributed by atoms with Gasteiger partial charge in [0.25, 0.3) is 0 Å². The van der Waals surface area contributed by atoms with E-state index in [2.05, 4.69) is 4.90 Å². The second kappa shape index (κ2) is 6.95. The van der Waals surface area contributed by atoms with Gasteiger partial charge in [-0.2, -0.15) is 0 Å². The van der Waals surface area contributed by atoms with Gasteiger partial charge in [-0.05, 0) is 25.7 Å². The van der Waals surface area contributed by atoms with Crippen LogP contribution in [0.3, 0.4) is 0 Å². The summed E-state index contributed by atoms with van der Waals surface area (Å²) in [6.45, 7) is 1.92. The Hall–Kier alpha value is -1.02. The molecule has 1 aromatic rings. The third kappa shape index (κ3) is 3.35. The number of hydrogen-bond donors (Lipinski definition) is 0. The summed E-state index contributed by atoms with van der Waals surface area (Å²) >= 11 is 6.47. The van der Waals surface area contributed by atoms with E-state index >= 15 is 0 Å². The Labute approximate surface area is 154 Å². The van der Waals surface area contributed by atoms with Crippen molar-refractivity contribution in [2.24, 2.45) is 5.92 Å². The first-order chi connectivity index (χ1) is 11.8. The highest BCUT2D eigenvalue weighted by Gasteiger charge is 2.52. The molecule has 6 nitrogen and oxygen atoms in total. The van der Waals surface area contributed by atoms with Crippen LogP contribution in [0.25, 0.3) is 0 Å². The molecule has 1 aromatic carbocycles. The number of fused-ring (bicyclic) bond motifs is 1.